The molecule has 0 aromatic carbocycles. The number of nitrogens with zero attached hydrogens (tertiary/aromatic N) is 2. The molecule has 0 radical (unpaired) electrons. The summed E-state index contributed by atoms with van der Waals surface area (Å²) in [7, 11) is 0. The van der Waals surface area contributed by atoms with Gasteiger partial charge >= 0.3 is 0 Å². The zero-order chi connectivity index (χ0) is 12.5. The quantitative estimate of drug-likeness (QED) is 0.801. The van der Waals surface area contributed by atoms with Crippen LogP contribution in [0.3, 0.4) is 0 Å². The number of aromatic amines is 1. The number of aromatic nitrogens is 2. The van der Waals surface area contributed by atoms with Crippen molar-refractivity contribution in [2.45, 2.75) is 38.0 Å². The highest BCUT2D eigenvalue weighted by Gasteiger charge is 2.18. The lowest BCUT2D eigenvalue weighted by Crippen LogP contribution is -2.04. The Morgan fingerprint density at radius 1 is 1.33 bits per heavy atom. The highest BCUT2D eigenvalue weighted by atomic mass is 35.5. The Balaban J connectivity index is 2.06. The number of hydrogen-bond donors (Lipinski definition) is 1. The van der Waals surface area contributed by atoms with Crippen molar-refractivity contribution in [1.82, 2.24) is 9.97 Å². The first kappa shape index (κ1) is 11.7. The fourth-order valence-corrected chi connectivity index (χ4v) is 3.02. The zero-order valence-electron chi connectivity index (χ0n) is 9.95. The van der Waals surface area contributed by atoms with E-state index in [0.717, 1.165) is 5.39 Å². The molecule has 5 heteroatoms. The first-order valence-electron chi connectivity index (χ1n) is 6.30. The number of hydrogen-bond acceptors (Lipinski definition) is 3. The highest BCUT2D eigenvalue weighted by Crippen LogP contribution is 2.37. The second kappa shape index (κ2) is 4.69. The van der Waals surface area contributed by atoms with E-state index in [1.807, 2.05) is 12.3 Å². The molecule has 1 aliphatic carbocycles. The smallest absolute Gasteiger partial charge is 0.154 e. The maximum absolute atomic E-state index is 10.8. The molecule has 2 aromatic rings. The summed E-state index contributed by atoms with van der Waals surface area (Å²) in [6, 6.07) is 2.01. The number of H-pyrrole nitrogens is 1. The third-order valence-corrected chi connectivity index (χ3v) is 4.04. The van der Waals surface area contributed by atoms with Crippen LogP contribution in [0.1, 0.15) is 43.6 Å². The van der Waals surface area contributed by atoms with Gasteiger partial charge in [0.25, 0.3) is 0 Å². The summed E-state index contributed by atoms with van der Waals surface area (Å²) in [5.41, 5.74) is 2.11. The first-order valence-corrected chi connectivity index (χ1v) is 6.68. The van der Waals surface area contributed by atoms with Crippen molar-refractivity contribution < 1.29 is 0 Å². The monoisotopic (exact) mass is 263 g/mol. The predicted molar refractivity (Wildman–Crippen MR) is 72.4 cm³/mol. The van der Waals surface area contributed by atoms with Crippen LogP contribution >= 0.6 is 11.6 Å². The van der Waals surface area contributed by atoms with Gasteiger partial charge in [-0.1, -0.05) is 30.9 Å². The van der Waals surface area contributed by atoms with Crippen LogP contribution in [0.4, 0.5) is 5.69 Å². The van der Waals surface area contributed by atoms with Gasteiger partial charge in [-0.15, -0.1) is 4.91 Å². The lowest BCUT2D eigenvalue weighted by Gasteiger charge is -2.21. The molecule has 3 rings (SSSR count). The molecule has 0 saturated heterocycles. The van der Waals surface area contributed by atoms with Crippen LogP contribution in [0.2, 0.25) is 5.15 Å². The van der Waals surface area contributed by atoms with Crippen LogP contribution in [0.15, 0.2) is 17.4 Å². The number of halogens is 1. The van der Waals surface area contributed by atoms with Crippen LogP contribution in [-0.4, -0.2) is 9.97 Å². The minimum absolute atomic E-state index is 0.272. The van der Waals surface area contributed by atoms with Crippen LogP contribution in [0.5, 0.6) is 0 Å². The summed E-state index contributed by atoms with van der Waals surface area (Å²) in [6.45, 7) is 0. The van der Waals surface area contributed by atoms with E-state index in [4.69, 9.17) is 11.6 Å². The van der Waals surface area contributed by atoms with Crippen molar-refractivity contribution in [3.05, 3.63) is 27.9 Å². The maximum atomic E-state index is 10.8. The van der Waals surface area contributed by atoms with Crippen LogP contribution in [0.25, 0.3) is 11.0 Å². The fourth-order valence-electron chi connectivity index (χ4n) is 2.79. The van der Waals surface area contributed by atoms with Gasteiger partial charge in [0.1, 0.15) is 10.8 Å². The summed E-state index contributed by atoms with van der Waals surface area (Å²) in [4.78, 5) is 18.0. The van der Waals surface area contributed by atoms with Crippen molar-refractivity contribution in [3.8, 4) is 0 Å². The SMILES string of the molecule is O=Nc1c(Cl)[nH]c2ncc(C3CCCCC3)cc12. The Labute approximate surface area is 110 Å². The van der Waals surface area contributed by atoms with Gasteiger partial charge in [0.05, 0.1) is 0 Å². The molecule has 0 amide bonds. The van der Waals surface area contributed by atoms with Crippen molar-refractivity contribution in [3.63, 3.8) is 0 Å². The number of nitrogens with one attached hydrogen (secondary N) is 1. The molecule has 2 heterocycles. The maximum Gasteiger partial charge on any atom is 0.154 e. The molecule has 0 bridgehead atoms. The number of rotatable bonds is 2. The van der Waals surface area contributed by atoms with Gasteiger partial charge in [-0.25, -0.2) is 4.98 Å². The Morgan fingerprint density at radius 3 is 2.83 bits per heavy atom. The minimum Gasteiger partial charge on any atom is -0.328 e. The molecule has 94 valence electrons. The molecule has 2 aromatic heterocycles. The van der Waals surface area contributed by atoms with Gasteiger partial charge < -0.3 is 4.98 Å². The summed E-state index contributed by atoms with van der Waals surface area (Å²) in [5, 5.41) is 4.00. The standard InChI is InChI=1S/C13H14ClN3O/c14-12-11(17-18)10-6-9(7-15-13(10)16-12)8-4-2-1-3-5-8/h6-8H,1-5H2,(H,15,16). The van der Waals surface area contributed by atoms with E-state index in [0.29, 0.717) is 11.6 Å². The molecule has 1 N–H and O–H groups in total. The van der Waals surface area contributed by atoms with Gasteiger partial charge in [-0.2, -0.15) is 0 Å². The van der Waals surface area contributed by atoms with E-state index in [1.165, 1.54) is 37.7 Å². The largest absolute Gasteiger partial charge is 0.328 e. The van der Waals surface area contributed by atoms with E-state index in [2.05, 4.69) is 15.1 Å². The topological polar surface area (TPSA) is 58.1 Å². The molecular formula is C13H14ClN3O. The Kier molecular flexibility index (Phi) is 3.04. The molecule has 0 aliphatic heterocycles. The molecule has 1 aliphatic rings. The Hall–Kier alpha value is -1.42. The van der Waals surface area contributed by atoms with Gasteiger partial charge in [-0.3, -0.25) is 0 Å². The molecule has 0 spiro atoms. The Morgan fingerprint density at radius 2 is 2.11 bits per heavy atom. The Bertz CT molecular complexity index is 587. The normalized spacial score (nSPS) is 17.2. The van der Waals surface area contributed by atoms with E-state index >= 15 is 0 Å². The van der Waals surface area contributed by atoms with E-state index in [9.17, 15) is 4.91 Å². The lowest BCUT2D eigenvalue weighted by atomic mass is 9.84. The van der Waals surface area contributed by atoms with E-state index < -0.39 is 0 Å². The average molecular weight is 264 g/mol. The highest BCUT2D eigenvalue weighted by molar-refractivity contribution is 6.33. The minimum atomic E-state index is 0.272. The van der Waals surface area contributed by atoms with Gasteiger partial charge in [0, 0.05) is 11.6 Å². The predicted octanol–water partition coefficient (Wildman–Crippen LogP) is 4.66. The lowest BCUT2D eigenvalue weighted by molar-refractivity contribution is 0.443. The zero-order valence-corrected chi connectivity index (χ0v) is 10.7. The van der Waals surface area contributed by atoms with Gasteiger partial charge in [-0.05, 0) is 35.6 Å². The second-order valence-electron chi connectivity index (χ2n) is 4.88. The summed E-state index contributed by atoms with van der Waals surface area (Å²) < 4.78 is 0. The van der Waals surface area contributed by atoms with Crippen molar-refractivity contribution >= 4 is 28.3 Å². The van der Waals surface area contributed by atoms with Crippen molar-refractivity contribution in [1.29, 1.82) is 0 Å². The fraction of sp³-hybridized carbons (Fsp3) is 0.462. The number of nitroso groups, excluding NO2 is 1. The first-order chi connectivity index (χ1) is 8.79. The van der Waals surface area contributed by atoms with Gasteiger partial charge in [0.2, 0.25) is 0 Å². The molecule has 1 saturated carbocycles. The molecule has 0 unspecified atom stereocenters. The molecular weight excluding hydrogens is 250 g/mol. The molecule has 1 fully saturated rings. The van der Waals surface area contributed by atoms with E-state index in [-0.39, 0.29) is 10.8 Å². The second-order valence-corrected chi connectivity index (χ2v) is 5.26. The van der Waals surface area contributed by atoms with Gasteiger partial charge in [0.15, 0.2) is 5.69 Å². The third kappa shape index (κ3) is 1.90. The number of fused-ring (bicyclic) bond motifs is 1. The van der Waals surface area contributed by atoms with Crippen molar-refractivity contribution in [2.24, 2.45) is 5.18 Å². The van der Waals surface area contributed by atoms with E-state index in [1.54, 1.807) is 0 Å². The van der Waals surface area contributed by atoms with Crippen LogP contribution in [0, 0.1) is 4.91 Å². The third-order valence-electron chi connectivity index (χ3n) is 3.77. The summed E-state index contributed by atoms with van der Waals surface area (Å²) in [6.07, 6.45) is 8.16. The summed E-state index contributed by atoms with van der Waals surface area (Å²) in [5.74, 6) is 0.559. The van der Waals surface area contributed by atoms with Crippen LogP contribution in [-0.2, 0) is 0 Å². The van der Waals surface area contributed by atoms with Crippen molar-refractivity contribution in [2.75, 3.05) is 0 Å². The molecule has 18 heavy (non-hydrogen) atoms. The average Bonchev–Trinajstić information content (AvgIpc) is 2.74. The summed E-state index contributed by atoms with van der Waals surface area (Å²) >= 11 is 5.92. The molecule has 4 nitrogen and oxygen atoms in total. The molecule has 0 atom stereocenters. The van der Waals surface area contributed by atoms with Crippen LogP contribution < -0.4 is 0 Å². The number of pyridine rings is 1.